The summed E-state index contributed by atoms with van der Waals surface area (Å²) in [5, 5.41) is 0. The molecule has 0 radical (unpaired) electrons. The van der Waals surface area contributed by atoms with Crippen LogP contribution in [0.5, 0.6) is 0 Å². The second-order valence-electron chi connectivity index (χ2n) is 4.50. The highest BCUT2D eigenvalue weighted by atomic mass is 15.1. The average Bonchev–Trinajstić information content (AvgIpc) is 2.50. The van der Waals surface area contributed by atoms with Gasteiger partial charge in [-0.05, 0) is 25.0 Å². The first-order valence-corrected chi connectivity index (χ1v) is 6.91. The standard InChI is InChI=1S/C18H21N/c1-3-19(4-2)15-18(16-11-7-5-8-12-16)17-13-9-6-10-14-17/h5-15H,3-4H2,1-2H3. The molecule has 2 aromatic rings. The predicted molar refractivity (Wildman–Crippen MR) is 82.9 cm³/mol. The highest BCUT2D eigenvalue weighted by Gasteiger charge is 2.05. The van der Waals surface area contributed by atoms with Gasteiger partial charge in [0.25, 0.3) is 0 Å². The second-order valence-corrected chi connectivity index (χ2v) is 4.50. The number of hydrogen-bond donors (Lipinski definition) is 0. The van der Waals surface area contributed by atoms with E-state index < -0.39 is 0 Å². The summed E-state index contributed by atoms with van der Waals surface area (Å²) >= 11 is 0. The van der Waals surface area contributed by atoms with Crippen LogP contribution in [0, 0.1) is 0 Å². The average molecular weight is 251 g/mol. The Bertz CT molecular complexity index is 468. The third-order valence-electron chi connectivity index (χ3n) is 3.29. The van der Waals surface area contributed by atoms with Crippen molar-refractivity contribution in [1.29, 1.82) is 0 Å². The molecule has 0 atom stereocenters. The molecule has 0 fully saturated rings. The zero-order valence-electron chi connectivity index (χ0n) is 11.7. The topological polar surface area (TPSA) is 3.24 Å². The molecule has 0 spiro atoms. The van der Waals surface area contributed by atoms with E-state index in [4.69, 9.17) is 0 Å². The van der Waals surface area contributed by atoms with Gasteiger partial charge in [0.05, 0.1) is 0 Å². The van der Waals surface area contributed by atoms with E-state index in [1.165, 1.54) is 16.7 Å². The minimum Gasteiger partial charge on any atom is -0.377 e. The first-order chi connectivity index (χ1) is 9.35. The lowest BCUT2D eigenvalue weighted by molar-refractivity contribution is 0.420. The van der Waals surface area contributed by atoms with Crippen molar-refractivity contribution in [2.24, 2.45) is 0 Å². The van der Waals surface area contributed by atoms with Gasteiger partial charge < -0.3 is 4.90 Å². The fraction of sp³-hybridized carbons (Fsp3) is 0.222. The Kier molecular flexibility index (Phi) is 4.79. The van der Waals surface area contributed by atoms with Crippen LogP contribution in [0.4, 0.5) is 0 Å². The van der Waals surface area contributed by atoms with Gasteiger partial charge in [-0.2, -0.15) is 0 Å². The van der Waals surface area contributed by atoms with Gasteiger partial charge in [-0.1, -0.05) is 60.7 Å². The van der Waals surface area contributed by atoms with Crippen LogP contribution in [-0.2, 0) is 0 Å². The van der Waals surface area contributed by atoms with Crippen LogP contribution in [-0.4, -0.2) is 18.0 Å². The minimum absolute atomic E-state index is 1.03. The van der Waals surface area contributed by atoms with E-state index in [9.17, 15) is 0 Å². The summed E-state index contributed by atoms with van der Waals surface area (Å²) in [5.74, 6) is 0. The summed E-state index contributed by atoms with van der Waals surface area (Å²) in [6, 6.07) is 21.2. The maximum Gasteiger partial charge on any atom is 0.0144 e. The van der Waals surface area contributed by atoms with Gasteiger partial charge in [0, 0.05) is 24.9 Å². The molecule has 2 rings (SSSR count). The maximum absolute atomic E-state index is 2.33. The minimum atomic E-state index is 1.03. The Morgan fingerprint density at radius 3 is 1.58 bits per heavy atom. The van der Waals surface area contributed by atoms with E-state index >= 15 is 0 Å². The van der Waals surface area contributed by atoms with Gasteiger partial charge in [0.15, 0.2) is 0 Å². The van der Waals surface area contributed by atoms with Crippen LogP contribution in [0.25, 0.3) is 5.57 Å². The lowest BCUT2D eigenvalue weighted by Gasteiger charge is -2.19. The number of rotatable bonds is 5. The largest absolute Gasteiger partial charge is 0.377 e. The smallest absolute Gasteiger partial charge is 0.0144 e. The zero-order chi connectivity index (χ0) is 13.5. The number of benzene rings is 2. The van der Waals surface area contributed by atoms with Crippen molar-refractivity contribution in [3.05, 3.63) is 78.0 Å². The fourth-order valence-corrected chi connectivity index (χ4v) is 2.14. The molecule has 1 nitrogen and oxygen atoms in total. The summed E-state index contributed by atoms with van der Waals surface area (Å²) in [5.41, 5.74) is 3.81. The van der Waals surface area contributed by atoms with Gasteiger partial charge >= 0.3 is 0 Å². The quantitative estimate of drug-likeness (QED) is 0.760. The first-order valence-electron chi connectivity index (χ1n) is 6.91. The molecule has 2 aromatic carbocycles. The third-order valence-corrected chi connectivity index (χ3v) is 3.29. The summed E-state index contributed by atoms with van der Waals surface area (Å²) in [6.45, 7) is 6.43. The molecule has 0 N–H and O–H groups in total. The molecule has 0 unspecified atom stereocenters. The van der Waals surface area contributed by atoms with Crippen LogP contribution < -0.4 is 0 Å². The van der Waals surface area contributed by atoms with Crippen molar-refractivity contribution >= 4 is 5.57 Å². The van der Waals surface area contributed by atoms with Crippen molar-refractivity contribution in [3.8, 4) is 0 Å². The van der Waals surface area contributed by atoms with Crippen LogP contribution in [0.2, 0.25) is 0 Å². The van der Waals surface area contributed by atoms with Crippen molar-refractivity contribution in [3.63, 3.8) is 0 Å². The highest BCUT2D eigenvalue weighted by molar-refractivity contribution is 5.79. The van der Waals surface area contributed by atoms with Crippen LogP contribution in [0.15, 0.2) is 66.9 Å². The van der Waals surface area contributed by atoms with Crippen molar-refractivity contribution < 1.29 is 0 Å². The third kappa shape index (κ3) is 3.47. The molecule has 1 heteroatoms. The molecule has 0 saturated heterocycles. The Labute approximate surface area is 116 Å². The van der Waals surface area contributed by atoms with E-state index in [2.05, 4.69) is 85.6 Å². The maximum atomic E-state index is 2.33. The normalized spacial score (nSPS) is 10.0. The molecule has 0 aromatic heterocycles. The Morgan fingerprint density at radius 2 is 1.21 bits per heavy atom. The molecule has 19 heavy (non-hydrogen) atoms. The fourth-order valence-electron chi connectivity index (χ4n) is 2.14. The summed E-state index contributed by atoms with van der Waals surface area (Å²) in [7, 11) is 0. The Balaban J connectivity index is 2.45. The van der Waals surface area contributed by atoms with Gasteiger partial charge in [0.1, 0.15) is 0 Å². The van der Waals surface area contributed by atoms with E-state index in [1.54, 1.807) is 0 Å². The van der Waals surface area contributed by atoms with E-state index in [1.807, 2.05) is 0 Å². The lowest BCUT2D eigenvalue weighted by atomic mass is 9.99. The van der Waals surface area contributed by atoms with Gasteiger partial charge in [-0.25, -0.2) is 0 Å². The van der Waals surface area contributed by atoms with Crippen molar-refractivity contribution in [2.75, 3.05) is 13.1 Å². The highest BCUT2D eigenvalue weighted by Crippen LogP contribution is 2.23. The lowest BCUT2D eigenvalue weighted by Crippen LogP contribution is -2.16. The summed E-state index contributed by atoms with van der Waals surface area (Å²) in [6.07, 6.45) is 2.27. The van der Waals surface area contributed by atoms with Gasteiger partial charge in [0.2, 0.25) is 0 Å². The molecule has 98 valence electrons. The predicted octanol–water partition coefficient (Wildman–Crippen LogP) is 4.42. The Hall–Kier alpha value is -2.02. The molecule has 0 aliphatic rings. The molecule has 0 saturated carbocycles. The van der Waals surface area contributed by atoms with Gasteiger partial charge in [-0.15, -0.1) is 0 Å². The van der Waals surface area contributed by atoms with Crippen molar-refractivity contribution in [1.82, 2.24) is 4.90 Å². The van der Waals surface area contributed by atoms with Crippen LogP contribution >= 0.6 is 0 Å². The Morgan fingerprint density at radius 1 is 0.789 bits per heavy atom. The SMILES string of the molecule is CCN(C=C(c1ccccc1)c1ccccc1)CC. The zero-order valence-corrected chi connectivity index (χ0v) is 11.7. The van der Waals surface area contributed by atoms with E-state index in [0.717, 1.165) is 13.1 Å². The molecule has 0 amide bonds. The van der Waals surface area contributed by atoms with Crippen LogP contribution in [0.3, 0.4) is 0 Å². The first kappa shape index (κ1) is 13.4. The number of hydrogen-bond acceptors (Lipinski definition) is 1. The van der Waals surface area contributed by atoms with Crippen molar-refractivity contribution in [2.45, 2.75) is 13.8 Å². The molecule has 0 heterocycles. The molecular formula is C18H21N. The van der Waals surface area contributed by atoms with E-state index in [-0.39, 0.29) is 0 Å². The van der Waals surface area contributed by atoms with Gasteiger partial charge in [-0.3, -0.25) is 0 Å². The second kappa shape index (κ2) is 6.79. The monoisotopic (exact) mass is 251 g/mol. The summed E-state index contributed by atoms with van der Waals surface area (Å²) < 4.78 is 0. The molecule has 0 bridgehead atoms. The van der Waals surface area contributed by atoms with Crippen LogP contribution in [0.1, 0.15) is 25.0 Å². The molecule has 0 aliphatic carbocycles. The van der Waals surface area contributed by atoms with E-state index in [0.29, 0.717) is 0 Å². The molecular weight excluding hydrogens is 230 g/mol. The molecule has 0 aliphatic heterocycles. The number of nitrogens with zero attached hydrogens (tertiary/aromatic N) is 1. The summed E-state index contributed by atoms with van der Waals surface area (Å²) in [4.78, 5) is 2.33.